The molecule has 4 N–H and O–H groups in total. The first-order valence-corrected chi connectivity index (χ1v) is 14.0. The van der Waals surface area contributed by atoms with Gasteiger partial charge in [-0.25, -0.2) is 4.68 Å². The first-order chi connectivity index (χ1) is 18.4. The van der Waals surface area contributed by atoms with Gasteiger partial charge in [-0.2, -0.15) is 5.10 Å². The number of halogens is 1. The molecule has 2 amide bonds. The Balaban J connectivity index is 1.37. The van der Waals surface area contributed by atoms with Crippen LogP contribution < -0.4 is 16.4 Å². The molecule has 8 heteroatoms. The van der Waals surface area contributed by atoms with E-state index in [1.54, 1.807) is 10.9 Å². The summed E-state index contributed by atoms with van der Waals surface area (Å²) in [6.07, 6.45) is 7.83. The van der Waals surface area contributed by atoms with E-state index < -0.39 is 0 Å². The first-order valence-electron chi connectivity index (χ1n) is 13.6. The van der Waals surface area contributed by atoms with Crippen molar-refractivity contribution < 1.29 is 9.59 Å². The second-order valence-electron chi connectivity index (χ2n) is 10.3. The van der Waals surface area contributed by atoms with Crippen molar-refractivity contribution in [1.29, 1.82) is 0 Å². The fourth-order valence-electron chi connectivity index (χ4n) is 5.25. The summed E-state index contributed by atoms with van der Waals surface area (Å²) < 4.78 is 1.79. The number of nitrogens with two attached hydrogens (primary N) is 1. The molecule has 0 radical (unpaired) electrons. The zero-order valence-corrected chi connectivity index (χ0v) is 23.0. The molecule has 3 unspecified atom stereocenters. The van der Waals surface area contributed by atoms with Gasteiger partial charge in [-0.1, -0.05) is 43.5 Å². The van der Waals surface area contributed by atoms with E-state index in [1.807, 2.05) is 55.5 Å². The second-order valence-corrected chi connectivity index (χ2v) is 10.8. The normalized spacial score (nSPS) is 18.1. The van der Waals surface area contributed by atoms with Crippen molar-refractivity contribution in [3.8, 4) is 5.69 Å². The molecule has 7 nitrogen and oxygen atoms in total. The van der Waals surface area contributed by atoms with Crippen LogP contribution in [-0.4, -0.2) is 34.7 Å². The van der Waals surface area contributed by atoms with Crippen molar-refractivity contribution in [2.75, 3.05) is 18.4 Å². The maximum Gasteiger partial charge on any atom is 0.259 e. The largest absolute Gasteiger partial charge is 0.355 e. The van der Waals surface area contributed by atoms with Gasteiger partial charge in [0.05, 0.1) is 29.1 Å². The molecule has 1 heterocycles. The maximum absolute atomic E-state index is 13.2. The fraction of sp³-hybridized carbons (Fsp3) is 0.433. The van der Waals surface area contributed by atoms with E-state index >= 15 is 0 Å². The van der Waals surface area contributed by atoms with E-state index in [0.717, 1.165) is 42.8 Å². The number of aromatic nitrogens is 2. The van der Waals surface area contributed by atoms with E-state index in [0.29, 0.717) is 41.1 Å². The highest BCUT2D eigenvalue weighted by atomic mass is 35.5. The van der Waals surface area contributed by atoms with E-state index in [4.69, 9.17) is 17.3 Å². The Morgan fingerprint density at radius 3 is 2.50 bits per heavy atom. The van der Waals surface area contributed by atoms with Crippen molar-refractivity contribution in [3.63, 3.8) is 0 Å². The Bertz CT molecular complexity index is 1220. The van der Waals surface area contributed by atoms with Crippen LogP contribution in [0, 0.1) is 11.8 Å². The topological polar surface area (TPSA) is 102 Å². The molecule has 4 rings (SSSR count). The summed E-state index contributed by atoms with van der Waals surface area (Å²) in [5.74, 6) is 0.622. The molecule has 0 aliphatic heterocycles. The summed E-state index contributed by atoms with van der Waals surface area (Å²) in [6.45, 7) is 5.42. The lowest BCUT2D eigenvalue weighted by molar-refractivity contribution is -0.122. The van der Waals surface area contributed by atoms with Crippen LogP contribution in [0.3, 0.4) is 0 Å². The van der Waals surface area contributed by atoms with Crippen LogP contribution in [0.1, 0.15) is 73.5 Å². The summed E-state index contributed by atoms with van der Waals surface area (Å²) in [7, 11) is 0. The van der Waals surface area contributed by atoms with Gasteiger partial charge in [0.25, 0.3) is 5.91 Å². The van der Waals surface area contributed by atoms with Crippen molar-refractivity contribution in [2.45, 2.75) is 58.3 Å². The number of rotatable bonds is 10. The molecule has 2 aromatic carbocycles. The van der Waals surface area contributed by atoms with Crippen LogP contribution >= 0.6 is 11.6 Å². The van der Waals surface area contributed by atoms with Gasteiger partial charge in [-0.15, -0.1) is 0 Å². The number of hydrogen-bond acceptors (Lipinski definition) is 4. The lowest BCUT2D eigenvalue weighted by Crippen LogP contribution is -2.35. The third kappa shape index (κ3) is 6.83. The minimum atomic E-state index is -0.276. The quantitative estimate of drug-likeness (QED) is 0.309. The van der Waals surface area contributed by atoms with Crippen molar-refractivity contribution in [3.05, 3.63) is 76.6 Å². The Kier molecular flexibility index (Phi) is 9.58. The van der Waals surface area contributed by atoms with Gasteiger partial charge in [0.2, 0.25) is 5.91 Å². The van der Waals surface area contributed by atoms with Gasteiger partial charge in [-0.3, -0.25) is 9.59 Å². The van der Waals surface area contributed by atoms with Gasteiger partial charge in [0.15, 0.2) is 0 Å². The molecular formula is C30H38ClN5O2. The van der Waals surface area contributed by atoms with E-state index in [-0.39, 0.29) is 17.7 Å². The van der Waals surface area contributed by atoms with Crippen molar-refractivity contribution >= 4 is 29.1 Å². The first kappa shape index (κ1) is 27.9. The molecule has 0 bridgehead atoms. The number of nitrogens with one attached hydrogen (secondary N) is 2. The minimum absolute atomic E-state index is 0.0236. The number of anilines is 1. The third-order valence-electron chi connectivity index (χ3n) is 7.52. The zero-order chi connectivity index (χ0) is 27.1. The summed E-state index contributed by atoms with van der Waals surface area (Å²) in [6, 6.07) is 14.9. The second kappa shape index (κ2) is 13.1. The Morgan fingerprint density at radius 2 is 1.82 bits per heavy atom. The lowest BCUT2D eigenvalue weighted by atomic mass is 9.81. The van der Waals surface area contributed by atoms with E-state index in [9.17, 15) is 9.59 Å². The molecule has 202 valence electrons. The average molecular weight is 536 g/mol. The molecule has 1 saturated carbocycles. The summed E-state index contributed by atoms with van der Waals surface area (Å²) in [5, 5.41) is 11.2. The van der Waals surface area contributed by atoms with Gasteiger partial charge >= 0.3 is 0 Å². The van der Waals surface area contributed by atoms with Crippen LogP contribution in [0.2, 0.25) is 5.02 Å². The molecule has 1 aromatic heterocycles. The molecule has 38 heavy (non-hydrogen) atoms. The molecule has 3 atom stereocenters. The Labute approximate surface area is 230 Å². The average Bonchev–Trinajstić information content (AvgIpc) is 3.36. The zero-order valence-electron chi connectivity index (χ0n) is 22.3. The number of hydrogen-bond donors (Lipinski definition) is 3. The molecule has 0 saturated heterocycles. The van der Waals surface area contributed by atoms with Gasteiger partial charge in [0.1, 0.15) is 0 Å². The van der Waals surface area contributed by atoms with Crippen LogP contribution in [0.25, 0.3) is 5.69 Å². The molecular weight excluding hydrogens is 498 g/mol. The highest BCUT2D eigenvalue weighted by Gasteiger charge is 2.23. The fourth-order valence-corrected chi connectivity index (χ4v) is 5.38. The number of carbonyl (C=O) groups excluding carboxylic acids is 2. The Morgan fingerprint density at radius 1 is 1.11 bits per heavy atom. The van der Waals surface area contributed by atoms with Crippen LogP contribution in [0.15, 0.2) is 54.7 Å². The van der Waals surface area contributed by atoms with Gasteiger partial charge in [0, 0.05) is 17.3 Å². The van der Waals surface area contributed by atoms with Crippen LogP contribution in [-0.2, 0) is 11.2 Å². The van der Waals surface area contributed by atoms with E-state index in [2.05, 4.69) is 22.7 Å². The predicted molar refractivity (Wildman–Crippen MR) is 153 cm³/mol. The monoisotopic (exact) mass is 535 g/mol. The molecule has 1 aliphatic rings. The van der Waals surface area contributed by atoms with Gasteiger partial charge in [-0.05, 0) is 92.9 Å². The summed E-state index contributed by atoms with van der Waals surface area (Å²) in [5.41, 5.74) is 9.68. The maximum atomic E-state index is 13.2. The van der Waals surface area contributed by atoms with E-state index in [1.165, 1.54) is 12.8 Å². The van der Waals surface area contributed by atoms with Crippen LogP contribution in [0.4, 0.5) is 5.69 Å². The predicted octanol–water partition coefficient (Wildman–Crippen LogP) is 5.72. The number of benzene rings is 2. The third-order valence-corrected chi connectivity index (χ3v) is 7.78. The van der Waals surface area contributed by atoms with Crippen LogP contribution in [0.5, 0.6) is 0 Å². The highest BCUT2D eigenvalue weighted by Crippen LogP contribution is 2.28. The lowest BCUT2D eigenvalue weighted by Gasteiger charge is -2.28. The molecule has 3 aromatic rings. The molecule has 1 fully saturated rings. The van der Waals surface area contributed by atoms with Gasteiger partial charge < -0.3 is 16.4 Å². The Hall–Kier alpha value is -3.16. The molecule has 0 spiro atoms. The number of nitrogens with zero attached hydrogens (tertiary/aromatic N) is 2. The number of amides is 2. The molecule has 1 aliphatic carbocycles. The SMILES string of the molecule is CCCc1c(C(=O)Nc2ccc(C(C)C(=O)NCC3CCCC(CN)C3)cc2)cnn1-c1ccc(Cl)cc1. The number of carbonyl (C=O) groups is 2. The minimum Gasteiger partial charge on any atom is -0.355 e. The smallest absolute Gasteiger partial charge is 0.259 e. The highest BCUT2D eigenvalue weighted by molar-refractivity contribution is 6.30. The summed E-state index contributed by atoms with van der Waals surface area (Å²) >= 11 is 6.03. The summed E-state index contributed by atoms with van der Waals surface area (Å²) in [4.78, 5) is 26.0. The van der Waals surface area contributed by atoms with Crippen molar-refractivity contribution in [2.24, 2.45) is 17.6 Å². The van der Waals surface area contributed by atoms with Crippen molar-refractivity contribution in [1.82, 2.24) is 15.1 Å². The standard InChI is InChI=1S/C30H38ClN5O2/c1-3-5-28-27(19-34-36(28)26-14-10-24(31)11-15-26)30(38)35-25-12-8-23(9-13-25)20(2)29(37)33-18-22-7-4-6-21(16-22)17-32/h8-15,19-22H,3-7,16-18,32H2,1-2H3,(H,33,37)(H,35,38).